The Morgan fingerprint density at radius 3 is 2.35 bits per heavy atom. The fraction of sp³-hybridized carbons (Fsp3) is 0. The maximum absolute atomic E-state index is 13.6. The molecule has 4 aromatic carbocycles. The Kier molecular flexibility index (Phi) is 5.93. The summed E-state index contributed by atoms with van der Waals surface area (Å²) in [6.45, 7) is 0. The first-order valence-electron chi connectivity index (χ1n) is 12.0. The summed E-state index contributed by atoms with van der Waals surface area (Å²) in [5.41, 5.74) is 1.37. The predicted molar refractivity (Wildman–Crippen MR) is 142 cm³/mol. The minimum absolute atomic E-state index is 0.00644. The Hall–Kier alpha value is -5.97. The van der Waals surface area contributed by atoms with Crippen molar-refractivity contribution in [3.63, 3.8) is 0 Å². The number of aromatic amines is 1. The first-order valence-corrected chi connectivity index (χ1v) is 12.0. The number of carbonyl (C=O) groups excluding carboxylic acids is 3. The molecule has 0 saturated heterocycles. The number of rotatable bonds is 5. The normalized spacial score (nSPS) is 13.9. The molecule has 0 atom stereocenters. The molecule has 1 heterocycles. The second kappa shape index (κ2) is 9.72. The van der Waals surface area contributed by atoms with Crippen LogP contribution >= 0.6 is 0 Å². The monoisotopic (exact) mass is 531 g/mol. The molecular formula is C29H17N5O6. The number of nitrogens with one attached hydrogen (secondary N) is 1. The van der Waals surface area contributed by atoms with Crippen LogP contribution in [0.1, 0.15) is 31.1 Å². The Balaban J connectivity index is 1.36. The highest BCUT2D eigenvalue weighted by Gasteiger charge is 2.37. The van der Waals surface area contributed by atoms with Gasteiger partial charge in [-0.2, -0.15) is 9.78 Å². The quantitative estimate of drug-likeness (QED) is 0.0892. The van der Waals surface area contributed by atoms with E-state index in [4.69, 9.17) is 4.74 Å². The molecular weight excluding hydrogens is 514 g/mol. The number of carbonyl (C=O) groups is 3. The standard InChI is InChI=1S/C29H17N5O6/c35-27-19-7-1-2-8-20(19)28(36)26(33-24-12-6-4-10-22(24)31-32-33)25(27)30-17-13-15-18(16-14-17)40-29(37)21-9-3-5-11-23(21)34(38)39/h1-16,31H. The van der Waals surface area contributed by atoms with E-state index < -0.39 is 22.5 Å². The molecule has 194 valence electrons. The van der Waals surface area contributed by atoms with Gasteiger partial charge < -0.3 is 14.3 Å². The van der Waals surface area contributed by atoms with Crippen molar-refractivity contribution in [1.82, 2.24) is 10.3 Å². The third-order valence-electron chi connectivity index (χ3n) is 6.29. The minimum atomic E-state index is -0.895. The van der Waals surface area contributed by atoms with Gasteiger partial charge in [0.25, 0.3) is 5.69 Å². The van der Waals surface area contributed by atoms with E-state index >= 15 is 0 Å². The minimum Gasteiger partial charge on any atom is -0.423 e. The molecule has 1 aromatic heterocycles. The van der Waals surface area contributed by atoms with Crippen LogP contribution in [0.2, 0.25) is 0 Å². The number of aromatic nitrogens is 3. The summed E-state index contributed by atoms with van der Waals surface area (Å²) in [5.74, 6) is -1.64. The summed E-state index contributed by atoms with van der Waals surface area (Å²) in [5, 5.41) is 18.4. The first-order chi connectivity index (χ1) is 19.4. The summed E-state index contributed by atoms with van der Waals surface area (Å²) < 4.78 is 6.68. The Morgan fingerprint density at radius 2 is 1.57 bits per heavy atom. The number of para-hydroxylation sites is 3. The van der Waals surface area contributed by atoms with Gasteiger partial charge in [0.15, 0.2) is 11.3 Å². The number of hydrogen-bond donors (Lipinski definition) is 1. The summed E-state index contributed by atoms with van der Waals surface area (Å²) in [4.78, 5) is 54.9. The smallest absolute Gasteiger partial charge is 0.350 e. The van der Waals surface area contributed by atoms with Gasteiger partial charge in [0, 0.05) is 6.07 Å². The van der Waals surface area contributed by atoms with Crippen LogP contribution in [0.15, 0.2) is 102 Å². The number of esters is 1. The second-order valence-electron chi connectivity index (χ2n) is 8.71. The molecule has 0 radical (unpaired) electrons. The molecule has 0 bridgehead atoms. The van der Waals surface area contributed by atoms with Gasteiger partial charge >= 0.3 is 5.97 Å². The average molecular weight is 531 g/mol. The highest BCUT2D eigenvalue weighted by molar-refractivity contribution is 6.58. The maximum Gasteiger partial charge on any atom is 0.350 e. The number of ether oxygens (including phenoxy) is 1. The largest absolute Gasteiger partial charge is 0.423 e. The number of Topliss-reactive ketones (excluding diaryl/α,β-unsaturated/α-hetero) is 2. The lowest BCUT2D eigenvalue weighted by atomic mass is 9.84. The van der Waals surface area contributed by atoms with E-state index in [-0.39, 0.29) is 39.9 Å². The zero-order chi connectivity index (χ0) is 27.8. The molecule has 11 nitrogen and oxygen atoms in total. The highest BCUT2D eigenvalue weighted by Crippen LogP contribution is 2.28. The lowest BCUT2D eigenvalue weighted by Gasteiger charge is -2.27. The van der Waals surface area contributed by atoms with Crippen molar-refractivity contribution in [3.05, 3.63) is 130 Å². The summed E-state index contributed by atoms with van der Waals surface area (Å²) in [6, 6.07) is 25.0. The number of nitrogens with zero attached hydrogens (tertiary/aromatic N) is 4. The van der Waals surface area contributed by atoms with E-state index in [2.05, 4.69) is 15.3 Å². The predicted octanol–water partition coefficient (Wildman–Crippen LogP) is 4.21. The Labute approximate surface area is 225 Å². The molecule has 0 saturated carbocycles. The number of aliphatic imine (C=N–C) groups is 1. The topological polar surface area (TPSA) is 148 Å². The Morgan fingerprint density at radius 1 is 0.900 bits per heavy atom. The lowest BCUT2D eigenvalue weighted by Crippen LogP contribution is -2.55. The van der Waals surface area contributed by atoms with Crippen LogP contribution in [-0.2, 0) is 0 Å². The molecule has 1 aliphatic rings. The molecule has 1 N–H and O–H groups in total. The van der Waals surface area contributed by atoms with Crippen LogP contribution in [0.4, 0.5) is 11.4 Å². The zero-order valence-corrected chi connectivity index (χ0v) is 20.5. The number of benzene rings is 4. The zero-order valence-electron chi connectivity index (χ0n) is 20.5. The number of H-pyrrole nitrogens is 1. The van der Waals surface area contributed by atoms with Gasteiger partial charge in [0.1, 0.15) is 28.7 Å². The van der Waals surface area contributed by atoms with Crippen molar-refractivity contribution in [1.29, 1.82) is 0 Å². The molecule has 5 aromatic rings. The van der Waals surface area contributed by atoms with Crippen LogP contribution in [-0.4, -0.2) is 38.5 Å². The third-order valence-corrected chi connectivity index (χ3v) is 6.29. The molecule has 0 unspecified atom stereocenters. The molecule has 40 heavy (non-hydrogen) atoms. The van der Waals surface area contributed by atoms with Gasteiger partial charge in [-0.25, -0.2) is 4.79 Å². The summed E-state index contributed by atoms with van der Waals surface area (Å²) >= 11 is 0. The van der Waals surface area contributed by atoms with Crippen molar-refractivity contribution in [3.8, 4) is 5.75 Å². The fourth-order valence-corrected chi connectivity index (χ4v) is 4.42. The average Bonchev–Trinajstić information content (AvgIpc) is 3.40. The van der Waals surface area contributed by atoms with Crippen LogP contribution < -0.4 is 9.42 Å². The maximum atomic E-state index is 13.6. The van der Waals surface area contributed by atoms with Crippen molar-refractivity contribution < 1.29 is 28.7 Å². The molecule has 11 heteroatoms. The first kappa shape index (κ1) is 24.4. The molecule has 0 spiro atoms. The molecule has 0 amide bonds. The Bertz CT molecular complexity index is 1880. The van der Waals surface area contributed by atoms with Crippen molar-refractivity contribution in [2.75, 3.05) is 0 Å². The van der Waals surface area contributed by atoms with Crippen molar-refractivity contribution in [2.45, 2.75) is 0 Å². The number of hydrogen-bond acceptors (Lipinski definition) is 8. The molecule has 1 aliphatic carbocycles. The van der Waals surface area contributed by atoms with Gasteiger partial charge in [-0.3, -0.25) is 15.1 Å². The summed E-state index contributed by atoms with van der Waals surface area (Å²) in [7, 11) is 0. The van der Waals surface area contributed by atoms with E-state index in [0.717, 1.165) is 0 Å². The lowest BCUT2D eigenvalue weighted by molar-refractivity contribution is -0.674. The van der Waals surface area contributed by atoms with E-state index in [1.54, 1.807) is 42.5 Å². The van der Waals surface area contributed by atoms with Gasteiger partial charge in [0.2, 0.25) is 0 Å². The third kappa shape index (κ3) is 4.17. The number of nitro groups is 1. The molecule has 0 aliphatic heterocycles. The van der Waals surface area contributed by atoms with E-state index in [1.807, 2.05) is 6.07 Å². The van der Waals surface area contributed by atoms with E-state index in [9.17, 15) is 24.5 Å². The second-order valence-corrected chi connectivity index (χ2v) is 8.71. The fourth-order valence-electron chi connectivity index (χ4n) is 4.42. The highest BCUT2D eigenvalue weighted by atomic mass is 16.6. The van der Waals surface area contributed by atoms with Gasteiger partial charge in [-0.15, -0.1) is 0 Å². The van der Waals surface area contributed by atoms with E-state index in [0.29, 0.717) is 16.7 Å². The van der Waals surface area contributed by atoms with E-state index in [1.165, 1.54) is 53.2 Å². The number of ketones is 2. The van der Waals surface area contributed by atoms with Gasteiger partial charge in [-0.05, 0) is 47.5 Å². The number of nitro benzene ring substituents is 1. The summed E-state index contributed by atoms with van der Waals surface area (Å²) in [6.07, 6.45) is 0. The SMILES string of the molecule is O=C1C(=Nc2ccc(OC(=O)c3ccccc3[N+](=O)[O-])cc2)[C-]([n+]2n[nH]c3ccccc32)C(=O)c2ccccc21. The van der Waals surface area contributed by atoms with Crippen LogP contribution in [0.3, 0.4) is 0 Å². The molecule has 0 fully saturated rings. The van der Waals surface area contributed by atoms with Crippen molar-refractivity contribution in [2.24, 2.45) is 4.99 Å². The molecule has 6 rings (SSSR count). The van der Waals surface area contributed by atoms with Crippen LogP contribution in [0, 0.1) is 16.2 Å². The van der Waals surface area contributed by atoms with Gasteiger partial charge in [0.05, 0.1) is 21.5 Å². The van der Waals surface area contributed by atoms with Gasteiger partial charge in [-0.1, -0.05) is 54.6 Å². The van der Waals surface area contributed by atoms with Crippen LogP contribution in [0.5, 0.6) is 5.75 Å². The van der Waals surface area contributed by atoms with Crippen LogP contribution in [0.25, 0.3) is 11.0 Å². The van der Waals surface area contributed by atoms with Crippen molar-refractivity contribution >= 4 is 45.7 Å². The number of fused-ring (bicyclic) bond motifs is 2.